The maximum atomic E-state index is 14.6. The monoisotopic (exact) mass is 542 g/mol. The molecule has 2 amide bonds. The number of hydrogen-bond acceptors (Lipinski definition) is 7. The van der Waals surface area contributed by atoms with Gasteiger partial charge in [0.05, 0.1) is 43.8 Å². The van der Waals surface area contributed by atoms with E-state index in [9.17, 15) is 22.8 Å². The minimum atomic E-state index is -0.735. The maximum Gasteiger partial charge on any atom is 0.341 e. The van der Waals surface area contributed by atoms with E-state index in [4.69, 9.17) is 9.47 Å². The van der Waals surface area contributed by atoms with Crippen LogP contribution in [0.5, 0.6) is 5.75 Å². The summed E-state index contributed by atoms with van der Waals surface area (Å²) in [4.78, 5) is 30.4. The molecule has 5 rings (SSSR count). The molecule has 0 aliphatic carbocycles. The van der Waals surface area contributed by atoms with E-state index in [0.717, 1.165) is 12.3 Å². The van der Waals surface area contributed by atoms with E-state index in [-0.39, 0.29) is 25.4 Å². The van der Waals surface area contributed by atoms with Crippen LogP contribution >= 0.6 is 0 Å². The predicted molar refractivity (Wildman–Crippen MR) is 132 cm³/mol. The fraction of sp³-hybridized carbons (Fsp3) is 0.346. The van der Waals surface area contributed by atoms with Gasteiger partial charge in [0.25, 0.3) is 0 Å². The number of likely N-dealkylation sites (tertiary alicyclic amines) is 1. The third-order valence-corrected chi connectivity index (χ3v) is 6.67. The van der Waals surface area contributed by atoms with Crippen LogP contribution in [0.2, 0.25) is 0 Å². The number of rotatable bonds is 6. The van der Waals surface area contributed by atoms with Gasteiger partial charge in [-0.05, 0) is 31.5 Å². The van der Waals surface area contributed by atoms with Crippen molar-refractivity contribution in [1.29, 1.82) is 0 Å². The van der Waals surface area contributed by atoms with Crippen molar-refractivity contribution in [2.75, 3.05) is 20.2 Å². The summed E-state index contributed by atoms with van der Waals surface area (Å²) in [6.07, 6.45) is 2.40. The zero-order valence-electron chi connectivity index (χ0n) is 21.4. The Morgan fingerprint density at radius 2 is 1.79 bits per heavy atom. The summed E-state index contributed by atoms with van der Waals surface area (Å²) in [5.74, 6) is -2.63. The Balaban J connectivity index is 1.26. The first-order valence-electron chi connectivity index (χ1n) is 12.1. The number of pyridine rings is 1. The molecule has 0 saturated carbocycles. The molecule has 4 heterocycles. The van der Waals surface area contributed by atoms with Crippen molar-refractivity contribution in [3.8, 4) is 17.0 Å². The van der Waals surface area contributed by atoms with Gasteiger partial charge in [-0.1, -0.05) is 0 Å². The lowest BCUT2D eigenvalue weighted by Gasteiger charge is -2.41. The number of carbonyl (C=O) groups is 2. The van der Waals surface area contributed by atoms with E-state index in [1.54, 1.807) is 13.8 Å². The zero-order chi connectivity index (χ0) is 27.8. The Hall–Kier alpha value is -4.42. The number of aryl methyl sites for hydroxylation is 1. The van der Waals surface area contributed by atoms with E-state index < -0.39 is 41.6 Å². The highest BCUT2D eigenvalue weighted by molar-refractivity contribution is 5.79. The molecule has 204 valence electrons. The van der Waals surface area contributed by atoms with Crippen LogP contribution in [0, 0.1) is 31.3 Å². The predicted octanol–water partition coefficient (Wildman–Crippen LogP) is 3.77. The van der Waals surface area contributed by atoms with E-state index >= 15 is 0 Å². The highest BCUT2D eigenvalue weighted by atomic mass is 19.1. The van der Waals surface area contributed by atoms with Crippen LogP contribution in [0.25, 0.3) is 11.3 Å². The SMILES string of the molecule is COC(=O)Cn1nc(C)c(-c2cc(OC3CN(C(=O)N4N=CC[C@H]4c4cc(F)cc(F)c4)C3)c(F)cn2)c1C. The van der Waals surface area contributed by atoms with Crippen LogP contribution in [-0.4, -0.2) is 69.2 Å². The molecule has 39 heavy (non-hydrogen) atoms. The second-order valence-electron chi connectivity index (χ2n) is 9.30. The van der Waals surface area contributed by atoms with E-state index in [0.29, 0.717) is 34.6 Å². The Bertz CT molecular complexity index is 1450. The van der Waals surface area contributed by atoms with Crippen LogP contribution in [0.15, 0.2) is 35.6 Å². The number of methoxy groups -OCH3 is 1. The van der Waals surface area contributed by atoms with Crippen molar-refractivity contribution in [2.45, 2.75) is 39.0 Å². The summed E-state index contributed by atoms with van der Waals surface area (Å²) in [6.45, 7) is 3.79. The number of amides is 2. The normalized spacial score (nSPS) is 16.9. The first-order chi connectivity index (χ1) is 18.6. The standard InChI is InChI=1S/C26H25F3N6O4/c1-14-25(15(2)34(32-14)13-24(36)38-3)21-9-23(20(29)10-30-21)39-19-11-33(12-19)26(37)35-22(4-5-31-35)16-6-17(27)8-18(28)7-16/h5-10,19,22H,4,11-13H2,1-3H3/t22-/m0/s1. The van der Waals surface area contributed by atoms with Crippen LogP contribution in [0.1, 0.15) is 29.4 Å². The van der Waals surface area contributed by atoms with Crippen molar-refractivity contribution >= 4 is 18.2 Å². The van der Waals surface area contributed by atoms with Crippen LogP contribution in [-0.2, 0) is 16.1 Å². The van der Waals surface area contributed by atoms with Gasteiger partial charge in [0.2, 0.25) is 0 Å². The van der Waals surface area contributed by atoms with Crippen molar-refractivity contribution in [3.05, 3.63) is 64.9 Å². The minimum absolute atomic E-state index is 0.0380. The van der Waals surface area contributed by atoms with E-state index in [1.807, 2.05) is 0 Å². The largest absolute Gasteiger partial charge is 0.483 e. The van der Waals surface area contributed by atoms with Gasteiger partial charge in [0.1, 0.15) is 24.3 Å². The number of urea groups is 1. The van der Waals surface area contributed by atoms with E-state index in [2.05, 4.69) is 15.2 Å². The Morgan fingerprint density at radius 3 is 2.49 bits per heavy atom. The molecule has 13 heteroatoms. The lowest BCUT2D eigenvalue weighted by molar-refractivity contribution is -0.141. The van der Waals surface area contributed by atoms with Gasteiger partial charge in [0, 0.05) is 36.0 Å². The van der Waals surface area contributed by atoms with Gasteiger partial charge in [-0.25, -0.2) is 23.0 Å². The average molecular weight is 543 g/mol. The molecule has 0 radical (unpaired) electrons. The molecule has 1 aromatic carbocycles. The van der Waals surface area contributed by atoms with Gasteiger partial charge in [0.15, 0.2) is 11.6 Å². The summed E-state index contributed by atoms with van der Waals surface area (Å²) in [5.41, 5.74) is 2.61. The molecule has 1 atom stereocenters. The topological polar surface area (TPSA) is 102 Å². The van der Waals surface area contributed by atoms with Crippen molar-refractivity contribution in [2.24, 2.45) is 5.10 Å². The molecule has 10 nitrogen and oxygen atoms in total. The second-order valence-corrected chi connectivity index (χ2v) is 9.30. The highest BCUT2D eigenvalue weighted by Crippen LogP contribution is 2.33. The molecule has 3 aromatic rings. The van der Waals surface area contributed by atoms with Crippen LogP contribution in [0.3, 0.4) is 0 Å². The molecular formula is C26H25F3N6O4. The molecule has 0 bridgehead atoms. The fourth-order valence-corrected chi connectivity index (χ4v) is 4.69. The number of aromatic nitrogens is 3. The molecular weight excluding hydrogens is 517 g/mol. The van der Waals surface area contributed by atoms with Gasteiger partial charge in [-0.2, -0.15) is 10.2 Å². The Morgan fingerprint density at radius 1 is 1.08 bits per heavy atom. The van der Waals surface area contributed by atoms with Crippen molar-refractivity contribution in [1.82, 2.24) is 24.7 Å². The van der Waals surface area contributed by atoms with Crippen molar-refractivity contribution < 1.29 is 32.2 Å². The molecule has 2 aliphatic rings. The number of esters is 1. The molecule has 1 saturated heterocycles. The molecule has 0 spiro atoms. The van der Waals surface area contributed by atoms with Crippen molar-refractivity contribution in [3.63, 3.8) is 0 Å². The maximum absolute atomic E-state index is 14.6. The lowest BCUT2D eigenvalue weighted by Crippen LogP contribution is -2.58. The van der Waals surface area contributed by atoms with Gasteiger partial charge in [-0.3, -0.25) is 14.5 Å². The summed E-state index contributed by atoms with van der Waals surface area (Å²) in [6, 6.07) is 3.50. The molecule has 2 aromatic heterocycles. The number of nitrogens with zero attached hydrogens (tertiary/aromatic N) is 6. The minimum Gasteiger partial charge on any atom is -0.483 e. The summed E-state index contributed by atoms with van der Waals surface area (Å²) < 4.78 is 54.0. The summed E-state index contributed by atoms with van der Waals surface area (Å²) in [5, 5.41) is 9.64. The zero-order valence-corrected chi connectivity index (χ0v) is 21.4. The average Bonchev–Trinajstić information content (AvgIpc) is 3.46. The molecule has 0 N–H and O–H groups in total. The number of hydrazone groups is 1. The smallest absolute Gasteiger partial charge is 0.341 e. The molecule has 1 fully saturated rings. The Labute approximate surface area is 221 Å². The van der Waals surface area contributed by atoms with Gasteiger partial charge < -0.3 is 14.4 Å². The number of halogens is 3. The number of ether oxygens (including phenoxy) is 2. The first-order valence-corrected chi connectivity index (χ1v) is 12.1. The molecule has 2 aliphatic heterocycles. The second kappa shape index (κ2) is 10.4. The fourth-order valence-electron chi connectivity index (χ4n) is 4.69. The number of benzene rings is 1. The Kier molecular flexibility index (Phi) is 6.98. The highest BCUT2D eigenvalue weighted by Gasteiger charge is 2.39. The summed E-state index contributed by atoms with van der Waals surface area (Å²) in [7, 11) is 1.29. The van der Waals surface area contributed by atoms with Crippen LogP contribution < -0.4 is 4.74 Å². The van der Waals surface area contributed by atoms with Gasteiger partial charge >= 0.3 is 12.0 Å². The first kappa shape index (κ1) is 26.2. The lowest BCUT2D eigenvalue weighted by atomic mass is 10.0. The third-order valence-electron chi connectivity index (χ3n) is 6.67. The van der Waals surface area contributed by atoms with E-state index in [1.165, 1.54) is 46.1 Å². The third kappa shape index (κ3) is 5.16. The van der Waals surface area contributed by atoms with Crippen LogP contribution in [0.4, 0.5) is 18.0 Å². The van der Waals surface area contributed by atoms with Gasteiger partial charge in [-0.15, -0.1) is 0 Å². The number of carbonyl (C=O) groups excluding carboxylic acids is 2. The molecule has 0 unspecified atom stereocenters. The number of hydrogen-bond donors (Lipinski definition) is 0. The summed E-state index contributed by atoms with van der Waals surface area (Å²) >= 11 is 0. The quantitative estimate of drug-likeness (QED) is 0.440.